The van der Waals surface area contributed by atoms with Crippen LogP contribution >= 0.6 is 22.7 Å². The minimum Gasteiger partial charge on any atom is -0.351 e. The molecule has 0 bridgehead atoms. The number of carbonyl (C=O) groups excluding carboxylic acids is 3. The van der Waals surface area contributed by atoms with Gasteiger partial charge in [-0.2, -0.15) is 0 Å². The normalized spacial score (nSPS) is 14.5. The molecule has 178 valence electrons. The van der Waals surface area contributed by atoms with Crippen LogP contribution in [0.3, 0.4) is 0 Å². The third-order valence-electron chi connectivity index (χ3n) is 5.81. The summed E-state index contributed by atoms with van der Waals surface area (Å²) in [5.41, 5.74) is 0.689. The number of carbonyl (C=O) groups is 3. The van der Waals surface area contributed by atoms with Gasteiger partial charge >= 0.3 is 0 Å². The average Bonchev–Trinajstić information content (AvgIpc) is 3.62. The Morgan fingerprint density at radius 2 is 1.71 bits per heavy atom. The summed E-state index contributed by atoms with van der Waals surface area (Å²) in [5.74, 6) is -1.35. The van der Waals surface area contributed by atoms with Crippen LogP contribution in [0.4, 0.5) is 4.39 Å². The SMILES string of the molecule is O=C(NCC(=O)N(Cc1ccc(F)cc1)[C@@H](C(=O)NC1CCCC1)c1cccs1)c1cccs1. The third kappa shape index (κ3) is 6.09. The first kappa shape index (κ1) is 24.1. The van der Waals surface area contributed by atoms with E-state index in [1.807, 2.05) is 17.5 Å². The summed E-state index contributed by atoms with van der Waals surface area (Å²) in [6, 6.07) is 12.2. The van der Waals surface area contributed by atoms with Crippen molar-refractivity contribution in [1.82, 2.24) is 15.5 Å². The Bertz CT molecular complexity index is 1100. The van der Waals surface area contributed by atoms with Crippen LogP contribution in [0.2, 0.25) is 0 Å². The Balaban J connectivity index is 1.58. The van der Waals surface area contributed by atoms with E-state index in [1.165, 1.54) is 39.7 Å². The zero-order chi connectivity index (χ0) is 23.9. The Morgan fingerprint density at radius 3 is 2.35 bits per heavy atom. The van der Waals surface area contributed by atoms with E-state index in [4.69, 9.17) is 0 Å². The second-order valence-electron chi connectivity index (χ2n) is 8.22. The smallest absolute Gasteiger partial charge is 0.261 e. The van der Waals surface area contributed by atoms with Crippen molar-refractivity contribution in [3.8, 4) is 0 Å². The number of amides is 3. The Hall–Kier alpha value is -3.04. The molecule has 2 N–H and O–H groups in total. The Morgan fingerprint density at radius 1 is 1.00 bits per heavy atom. The number of nitrogens with one attached hydrogen (secondary N) is 2. The number of hydrogen-bond acceptors (Lipinski definition) is 5. The summed E-state index contributed by atoms with van der Waals surface area (Å²) >= 11 is 2.69. The molecule has 1 aromatic carbocycles. The molecule has 1 saturated carbocycles. The highest BCUT2D eigenvalue weighted by atomic mass is 32.1. The van der Waals surface area contributed by atoms with Crippen molar-refractivity contribution in [3.63, 3.8) is 0 Å². The monoisotopic (exact) mass is 499 g/mol. The molecule has 0 spiro atoms. The summed E-state index contributed by atoms with van der Waals surface area (Å²) in [7, 11) is 0. The molecule has 1 fully saturated rings. The molecule has 9 heteroatoms. The lowest BCUT2D eigenvalue weighted by molar-refractivity contribution is -0.141. The molecule has 2 heterocycles. The van der Waals surface area contributed by atoms with E-state index in [9.17, 15) is 18.8 Å². The molecule has 0 radical (unpaired) electrons. The van der Waals surface area contributed by atoms with Gasteiger partial charge in [-0.05, 0) is 53.4 Å². The van der Waals surface area contributed by atoms with E-state index in [0.29, 0.717) is 10.4 Å². The van der Waals surface area contributed by atoms with Gasteiger partial charge in [-0.1, -0.05) is 37.1 Å². The van der Waals surface area contributed by atoms with Crippen LogP contribution in [0.1, 0.15) is 51.8 Å². The zero-order valence-electron chi connectivity index (χ0n) is 18.5. The molecule has 3 aromatic rings. The lowest BCUT2D eigenvalue weighted by atomic mass is 10.1. The van der Waals surface area contributed by atoms with Crippen molar-refractivity contribution in [1.29, 1.82) is 0 Å². The fraction of sp³-hybridized carbons (Fsp3) is 0.320. The Labute approximate surface area is 205 Å². The summed E-state index contributed by atoms with van der Waals surface area (Å²) < 4.78 is 13.5. The molecule has 2 aromatic heterocycles. The highest BCUT2D eigenvalue weighted by Gasteiger charge is 2.34. The summed E-state index contributed by atoms with van der Waals surface area (Å²) in [6.07, 6.45) is 3.99. The molecule has 4 rings (SSSR count). The van der Waals surface area contributed by atoms with Gasteiger partial charge in [0.1, 0.15) is 11.9 Å². The quantitative estimate of drug-likeness (QED) is 0.455. The van der Waals surface area contributed by atoms with Gasteiger partial charge in [0.2, 0.25) is 11.8 Å². The number of hydrogen-bond donors (Lipinski definition) is 2. The third-order valence-corrected chi connectivity index (χ3v) is 7.60. The minimum absolute atomic E-state index is 0.0938. The first-order valence-electron chi connectivity index (χ1n) is 11.2. The average molecular weight is 500 g/mol. The van der Waals surface area contributed by atoms with E-state index in [0.717, 1.165) is 30.6 Å². The predicted octanol–water partition coefficient (Wildman–Crippen LogP) is 4.51. The van der Waals surface area contributed by atoms with E-state index in [1.54, 1.807) is 29.6 Å². The van der Waals surface area contributed by atoms with Crippen LogP contribution in [-0.4, -0.2) is 35.2 Å². The number of rotatable bonds is 9. The molecule has 0 unspecified atom stereocenters. The van der Waals surface area contributed by atoms with Crippen LogP contribution < -0.4 is 10.6 Å². The van der Waals surface area contributed by atoms with Crippen molar-refractivity contribution < 1.29 is 18.8 Å². The predicted molar refractivity (Wildman–Crippen MR) is 131 cm³/mol. The van der Waals surface area contributed by atoms with Crippen LogP contribution in [-0.2, 0) is 16.1 Å². The first-order chi connectivity index (χ1) is 16.5. The molecule has 0 aliphatic heterocycles. The highest BCUT2D eigenvalue weighted by molar-refractivity contribution is 7.12. The summed E-state index contributed by atoms with van der Waals surface area (Å²) in [4.78, 5) is 42.0. The van der Waals surface area contributed by atoms with Gasteiger partial charge in [0.15, 0.2) is 0 Å². The van der Waals surface area contributed by atoms with Crippen molar-refractivity contribution in [2.45, 2.75) is 44.3 Å². The highest BCUT2D eigenvalue weighted by Crippen LogP contribution is 2.29. The van der Waals surface area contributed by atoms with Crippen molar-refractivity contribution in [2.75, 3.05) is 6.54 Å². The van der Waals surface area contributed by atoms with Gasteiger partial charge in [-0.3, -0.25) is 14.4 Å². The van der Waals surface area contributed by atoms with Gasteiger partial charge < -0.3 is 15.5 Å². The van der Waals surface area contributed by atoms with Gasteiger partial charge in [0.05, 0.1) is 11.4 Å². The second-order valence-corrected chi connectivity index (χ2v) is 10.1. The zero-order valence-corrected chi connectivity index (χ0v) is 20.2. The van der Waals surface area contributed by atoms with Gasteiger partial charge in [0.25, 0.3) is 5.91 Å². The fourth-order valence-electron chi connectivity index (χ4n) is 4.08. The van der Waals surface area contributed by atoms with E-state index < -0.39 is 11.9 Å². The van der Waals surface area contributed by atoms with Gasteiger partial charge in [0, 0.05) is 17.5 Å². The second kappa shape index (κ2) is 11.4. The summed E-state index contributed by atoms with van der Waals surface area (Å²) in [5, 5.41) is 9.43. The van der Waals surface area contributed by atoms with Crippen LogP contribution in [0.15, 0.2) is 59.3 Å². The van der Waals surface area contributed by atoms with Gasteiger partial charge in [-0.25, -0.2) is 4.39 Å². The van der Waals surface area contributed by atoms with Crippen LogP contribution in [0, 0.1) is 5.82 Å². The standard InChI is InChI=1S/C25H26FN3O3S2/c26-18-11-9-17(10-12-18)16-29(22(30)15-27-24(31)21-8-4-14-34-21)23(20-7-3-13-33-20)25(32)28-19-5-1-2-6-19/h3-4,7-14,19,23H,1-2,5-6,15-16H2,(H,27,31)(H,28,32)/t23-/m1/s1. The van der Waals surface area contributed by atoms with E-state index in [2.05, 4.69) is 10.6 Å². The molecular weight excluding hydrogens is 473 g/mol. The summed E-state index contributed by atoms with van der Waals surface area (Å²) in [6.45, 7) is -0.148. The van der Waals surface area contributed by atoms with E-state index >= 15 is 0 Å². The van der Waals surface area contributed by atoms with Crippen molar-refractivity contribution >= 4 is 40.4 Å². The fourth-order valence-corrected chi connectivity index (χ4v) is 5.56. The molecule has 34 heavy (non-hydrogen) atoms. The lowest BCUT2D eigenvalue weighted by Gasteiger charge is -2.31. The number of halogens is 1. The van der Waals surface area contributed by atoms with Gasteiger partial charge in [-0.15, -0.1) is 22.7 Å². The molecule has 1 aliphatic rings. The molecule has 1 atom stereocenters. The Kier molecular flexibility index (Phi) is 8.08. The van der Waals surface area contributed by atoms with Crippen molar-refractivity contribution in [2.24, 2.45) is 0 Å². The van der Waals surface area contributed by atoms with Crippen molar-refractivity contribution in [3.05, 3.63) is 80.4 Å². The number of benzene rings is 1. The molecule has 0 saturated heterocycles. The molecule has 1 aliphatic carbocycles. The largest absolute Gasteiger partial charge is 0.351 e. The van der Waals surface area contributed by atoms with Crippen LogP contribution in [0.5, 0.6) is 0 Å². The molecular formula is C25H26FN3O3S2. The van der Waals surface area contributed by atoms with E-state index in [-0.39, 0.29) is 36.8 Å². The lowest BCUT2D eigenvalue weighted by Crippen LogP contribution is -2.48. The number of nitrogens with zero attached hydrogens (tertiary/aromatic N) is 1. The first-order valence-corrected chi connectivity index (χ1v) is 13.0. The maximum absolute atomic E-state index is 13.5. The maximum Gasteiger partial charge on any atom is 0.261 e. The topological polar surface area (TPSA) is 78.5 Å². The molecule has 6 nitrogen and oxygen atoms in total. The number of thiophene rings is 2. The molecule has 3 amide bonds. The maximum atomic E-state index is 13.5. The minimum atomic E-state index is -0.850. The van der Waals surface area contributed by atoms with Crippen LogP contribution in [0.25, 0.3) is 0 Å².